The molecule has 0 aliphatic heterocycles. The molecule has 1 saturated carbocycles. The Kier molecular flexibility index (Phi) is 4.84. The van der Waals surface area contributed by atoms with Gasteiger partial charge in [-0.3, -0.25) is 4.79 Å². The summed E-state index contributed by atoms with van der Waals surface area (Å²) < 4.78 is 10.4. The molecule has 1 aliphatic carbocycles. The highest BCUT2D eigenvalue weighted by molar-refractivity contribution is 5.97. The lowest BCUT2D eigenvalue weighted by molar-refractivity contribution is 0.0943. The second kappa shape index (κ2) is 6.61. The fraction of sp³-hybridized carbons (Fsp3) is 0.533. The van der Waals surface area contributed by atoms with Crippen molar-refractivity contribution in [2.24, 2.45) is 11.7 Å². The highest BCUT2D eigenvalue weighted by Gasteiger charge is 2.24. The van der Waals surface area contributed by atoms with Gasteiger partial charge in [0.2, 0.25) is 0 Å². The molecule has 2 rings (SSSR count). The lowest BCUT2D eigenvalue weighted by Crippen LogP contribution is -2.36. The number of carbonyl (C=O) groups is 1. The standard InChI is InChI=1S/C15H22N2O3/c1-19-11-6-7-14(20-2)12(8-11)15(18)17-9-10-4-3-5-13(10)16/h6-8,10,13H,3-5,9,16H2,1-2H3,(H,17,18). The number of ether oxygens (including phenoxy) is 2. The van der Waals surface area contributed by atoms with Gasteiger partial charge in [0.15, 0.2) is 0 Å². The van der Waals surface area contributed by atoms with Crippen molar-refractivity contribution in [2.45, 2.75) is 25.3 Å². The van der Waals surface area contributed by atoms with Crippen molar-refractivity contribution in [3.05, 3.63) is 23.8 Å². The van der Waals surface area contributed by atoms with Gasteiger partial charge in [-0.2, -0.15) is 0 Å². The predicted octanol–water partition coefficient (Wildman–Crippen LogP) is 1.56. The first kappa shape index (κ1) is 14.7. The number of carbonyl (C=O) groups excluding carboxylic acids is 1. The van der Waals surface area contributed by atoms with E-state index in [1.54, 1.807) is 32.4 Å². The minimum Gasteiger partial charge on any atom is -0.497 e. The minimum atomic E-state index is -0.153. The van der Waals surface area contributed by atoms with Crippen LogP contribution in [0.25, 0.3) is 0 Å². The summed E-state index contributed by atoms with van der Waals surface area (Å²) in [4.78, 5) is 12.3. The van der Waals surface area contributed by atoms with Gasteiger partial charge in [-0.15, -0.1) is 0 Å². The number of amides is 1. The molecule has 0 heterocycles. The monoisotopic (exact) mass is 278 g/mol. The maximum atomic E-state index is 12.3. The Morgan fingerprint density at radius 3 is 2.75 bits per heavy atom. The number of benzene rings is 1. The van der Waals surface area contributed by atoms with Gasteiger partial charge in [0.05, 0.1) is 19.8 Å². The highest BCUT2D eigenvalue weighted by Crippen LogP contribution is 2.25. The summed E-state index contributed by atoms with van der Waals surface area (Å²) >= 11 is 0. The zero-order chi connectivity index (χ0) is 14.5. The van der Waals surface area contributed by atoms with E-state index in [9.17, 15) is 4.79 Å². The first-order chi connectivity index (χ1) is 9.65. The number of methoxy groups -OCH3 is 2. The van der Waals surface area contributed by atoms with E-state index in [0.717, 1.165) is 19.3 Å². The third-order valence-electron chi connectivity index (χ3n) is 3.89. The first-order valence-corrected chi connectivity index (χ1v) is 6.91. The molecule has 5 nitrogen and oxygen atoms in total. The van der Waals surface area contributed by atoms with Gasteiger partial charge < -0.3 is 20.5 Å². The van der Waals surface area contributed by atoms with E-state index in [0.29, 0.717) is 29.5 Å². The van der Waals surface area contributed by atoms with Crippen molar-refractivity contribution < 1.29 is 14.3 Å². The van der Waals surface area contributed by atoms with E-state index < -0.39 is 0 Å². The molecule has 5 heteroatoms. The van der Waals surface area contributed by atoms with E-state index >= 15 is 0 Å². The van der Waals surface area contributed by atoms with Gasteiger partial charge in [-0.1, -0.05) is 6.42 Å². The minimum absolute atomic E-state index is 0.153. The molecule has 2 unspecified atom stereocenters. The maximum Gasteiger partial charge on any atom is 0.255 e. The van der Waals surface area contributed by atoms with Gasteiger partial charge in [-0.05, 0) is 37.0 Å². The van der Waals surface area contributed by atoms with Crippen LogP contribution in [-0.2, 0) is 0 Å². The summed E-state index contributed by atoms with van der Waals surface area (Å²) in [6.07, 6.45) is 3.27. The Morgan fingerprint density at radius 1 is 1.35 bits per heavy atom. The summed E-state index contributed by atoms with van der Waals surface area (Å²) in [5.41, 5.74) is 6.49. The third kappa shape index (κ3) is 3.22. The van der Waals surface area contributed by atoms with Crippen molar-refractivity contribution in [1.82, 2.24) is 5.32 Å². The van der Waals surface area contributed by atoms with Crippen LogP contribution in [0.4, 0.5) is 0 Å². The summed E-state index contributed by atoms with van der Waals surface area (Å²) in [6.45, 7) is 0.611. The molecule has 1 fully saturated rings. The van der Waals surface area contributed by atoms with Crippen LogP contribution in [0.2, 0.25) is 0 Å². The molecule has 0 spiro atoms. The van der Waals surface area contributed by atoms with Crippen LogP contribution >= 0.6 is 0 Å². The normalized spacial score (nSPS) is 21.6. The van der Waals surface area contributed by atoms with Crippen molar-refractivity contribution in [3.8, 4) is 11.5 Å². The van der Waals surface area contributed by atoms with E-state index in [-0.39, 0.29) is 11.9 Å². The zero-order valence-corrected chi connectivity index (χ0v) is 12.0. The summed E-state index contributed by atoms with van der Waals surface area (Å²) in [7, 11) is 3.12. The Labute approximate surface area is 119 Å². The fourth-order valence-corrected chi connectivity index (χ4v) is 2.63. The van der Waals surface area contributed by atoms with Crippen molar-refractivity contribution in [3.63, 3.8) is 0 Å². The zero-order valence-electron chi connectivity index (χ0n) is 12.0. The van der Waals surface area contributed by atoms with Crippen LogP contribution in [0.15, 0.2) is 18.2 Å². The molecule has 2 atom stereocenters. The molecule has 0 radical (unpaired) electrons. The van der Waals surface area contributed by atoms with Crippen LogP contribution in [0.1, 0.15) is 29.6 Å². The largest absolute Gasteiger partial charge is 0.497 e. The summed E-state index contributed by atoms with van der Waals surface area (Å²) in [5, 5.41) is 2.94. The van der Waals surface area contributed by atoms with Crippen LogP contribution < -0.4 is 20.5 Å². The van der Waals surface area contributed by atoms with E-state index in [2.05, 4.69) is 5.32 Å². The fourth-order valence-electron chi connectivity index (χ4n) is 2.63. The van der Waals surface area contributed by atoms with E-state index in [1.165, 1.54) is 0 Å². The van der Waals surface area contributed by atoms with Crippen LogP contribution in [-0.4, -0.2) is 32.7 Å². The van der Waals surface area contributed by atoms with Crippen LogP contribution in [0.3, 0.4) is 0 Å². The number of hydrogen-bond donors (Lipinski definition) is 2. The molecule has 1 aliphatic rings. The molecule has 110 valence electrons. The summed E-state index contributed by atoms with van der Waals surface area (Å²) in [5.74, 6) is 1.39. The van der Waals surface area contributed by atoms with E-state index in [1.807, 2.05) is 0 Å². The average Bonchev–Trinajstić information content (AvgIpc) is 2.89. The predicted molar refractivity (Wildman–Crippen MR) is 77.2 cm³/mol. The molecular weight excluding hydrogens is 256 g/mol. The van der Waals surface area contributed by atoms with Gasteiger partial charge in [-0.25, -0.2) is 0 Å². The maximum absolute atomic E-state index is 12.3. The Morgan fingerprint density at radius 2 is 2.15 bits per heavy atom. The first-order valence-electron chi connectivity index (χ1n) is 6.91. The quantitative estimate of drug-likeness (QED) is 0.857. The van der Waals surface area contributed by atoms with Crippen molar-refractivity contribution >= 4 is 5.91 Å². The molecule has 0 bridgehead atoms. The Balaban J connectivity index is 2.04. The van der Waals surface area contributed by atoms with Crippen LogP contribution in [0.5, 0.6) is 11.5 Å². The van der Waals surface area contributed by atoms with Gasteiger partial charge in [0.25, 0.3) is 5.91 Å². The smallest absolute Gasteiger partial charge is 0.255 e. The molecule has 0 saturated heterocycles. The van der Waals surface area contributed by atoms with Gasteiger partial charge in [0, 0.05) is 12.6 Å². The number of nitrogens with two attached hydrogens (primary N) is 1. The molecule has 1 aromatic rings. The molecule has 20 heavy (non-hydrogen) atoms. The lowest BCUT2D eigenvalue weighted by Gasteiger charge is -2.17. The number of hydrogen-bond acceptors (Lipinski definition) is 4. The molecule has 1 aromatic carbocycles. The molecule has 1 amide bonds. The topological polar surface area (TPSA) is 73.6 Å². The van der Waals surface area contributed by atoms with E-state index in [4.69, 9.17) is 15.2 Å². The third-order valence-corrected chi connectivity index (χ3v) is 3.89. The number of nitrogens with one attached hydrogen (secondary N) is 1. The average molecular weight is 278 g/mol. The Bertz CT molecular complexity index is 476. The van der Waals surface area contributed by atoms with Crippen molar-refractivity contribution in [2.75, 3.05) is 20.8 Å². The summed E-state index contributed by atoms with van der Waals surface area (Å²) in [6, 6.07) is 5.38. The number of rotatable bonds is 5. The van der Waals surface area contributed by atoms with Gasteiger partial charge >= 0.3 is 0 Å². The van der Waals surface area contributed by atoms with Crippen LogP contribution in [0, 0.1) is 5.92 Å². The molecule has 3 N–H and O–H groups in total. The second-order valence-electron chi connectivity index (χ2n) is 5.13. The van der Waals surface area contributed by atoms with Crippen molar-refractivity contribution in [1.29, 1.82) is 0 Å². The lowest BCUT2D eigenvalue weighted by atomic mass is 10.0. The second-order valence-corrected chi connectivity index (χ2v) is 5.13. The van der Waals surface area contributed by atoms with Gasteiger partial charge in [0.1, 0.15) is 11.5 Å². The Hall–Kier alpha value is -1.75. The highest BCUT2D eigenvalue weighted by atomic mass is 16.5. The molecule has 0 aromatic heterocycles. The SMILES string of the molecule is COc1ccc(OC)c(C(=O)NCC2CCCC2N)c1. The molecular formula is C15H22N2O3.